The highest BCUT2D eigenvalue weighted by atomic mass is 32.1. The monoisotopic (exact) mass is 248 g/mol. The maximum absolute atomic E-state index is 5.62. The third-order valence-electron chi connectivity index (χ3n) is 2.22. The van der Waals surface area contributed by atoms with Crippen LogP contribution < -0.4 is 11.1 Å². The minimum absolute atomic E-state index is 0.339. The first-order valence-electron chi connectivity index (χ1n) is 5.06. The van der Waals surface area contributed by atoms with Gasteiger partial charge in [0.1, 0.15) is 16.4 Å². The number of nitrogens with two attached hydrogens (primary N) is 1. The molecular formula is C11H12N4OS. The average molecular weight is 248 g/mol. The van der Waals surface area contributed by atoms with Gasteiger partial charge in [-0.1, -0.05) is 17.4 Å². The first-order valence-corrected chi connectivity index (χ1v) is 5.47. The van der Waals surface area contributed by atoms with Crippen LogP contribution in [0, 0.1) is 6.92 Å². The fraction of sp³-hybridized carbons (Fsp3) is 0.182. The van der Waals surface area contributed by atoms with E-state index in [1.54, 1.807) is 18.5 Å². The second-order valence-corrected chi connectivity index (χ2v) is 4.01. The summed E-state index contributed by atoms with van der Waals surface area (Å²) in [7, 11) is 0. The molecule has 17 heavy (non-hydrogen) atoms. The van der Waals surface area contributed by atoms with Crippen molar-refractivity contribution >= 4 is 22.9 Å². The Labute approximate surface area is 104 Å². The molecule has 0 aliphatic carbocycles. The number of hydrogen-bond donors (Lipinski definition) is 2. The summed E-state index contributed by atoms with van der Waals surface area (Å²) < 4.78 is 4.97. The Morgan fingerprint density at radius 2 is 2.41 bits per heavy atom. The van der Waals surface area contributed by atoms with Gasteiger partial charge in [-0.05, 0) is 13.0 Å². The number of aryl methyl sites for hydroxylation is 1. The maximum atomic E-state index is 5.62. The molecule has 0 aliphatic heterocycles. The summed E-state index contributed by atoms with van der Waals surface area (Å²) in [5, 5.41) is 7.06. The summed E-state index contributed by atoms with van der Waals surface area (Å²) in [6.45, 7) is 2.39. The molecule has 0 unspecified atom stereocenters. The lowest BCUT2D eigenvalue weighted by Gasteiger charge is -2.08. The van der Waals surface area contributed by atoms with Crippen LogP contribution in [0.15, 0.2) is 29.0 Å². The Morgan fingerprint density at radius 1 is 1.59 bits per heavy atom. The van der Waals surface area contributed by atoms with Gasteiger partial charge < -0.3 is 15.6 Å². The number of aromatic nitrogens is 2. The minimum atomic E-state index is 0.339. The molecule has 0 saturated heterocycles. The summed E-state index contributed by atoms with van der Waals surface area (Å²) in [6.07, 6.45) is 3.33. The molecule has 2 rings (SSSR count). The van der Waals surface area contributed by atoms with Gasteiger partial charge in [-0.3, -0.25) is 4.98 Å². The number of thiocarbonyl (C=S) groups is 1. The van der Waals surface area contributed by atoms with Gasteiger partial charge in [0.25, 0.3) is 0 Å². The van der Waals surface area contributed by atoms with Gasteiger partial charge in [0.05, 0.1) is 18.4 Å². The summed E-state index contributed by atoms with van der Waals surface area (Å²) in [5.74, 6) is 0.780. The van der Waals surface area contributed by atoms with E-state index in [4.69, 9.17) is 22.5 Å². The number of nitrogens with one attached hydrogen (secondary N) is 1. The van der Waals surface area contributed by atoms with Crippen LogP contribution in [0.5, 0.6) is 0 Å². The van der Waals surface area contributed by atoms with Crippen molar-refractivity contribution in [1.29, 1.82) is 0 Å². The van der Waals surface area contributed by atoms with Crippen LogP contribution in [0.2, 0.25) is 0 Å². The van der Waals surface area contributed by atoms with Crippen LogP contribution in [0.25, 0.3) is 0 Å². The number of pyridine rings is 1. The lowest BCUT2D eigenvalue weighted by atomic mass is 10.2. The molecule has 0 amide bonds. The Morgan fingerprint density at radius 3 is 3.06 bits per heavy atom. The van der Waals surface area contributed by atoms with Crippen LogP contribution in [0.1, 0.15) is 17.0 Å². The first-order chi connectivity index (χ1) is 8.16. The summed E-state index contributed by atoms with van der Waals surface area (Å²) >= 11 is 4.96. The van der Waals surface area contributed by atoms with E-state index >= 15 is 0 Å². The normalized spacial score (nSPS) is 10.2. The minimum Gasteiger partial charge on any atom is -0.389 e. The van der Waals surface area contributed by atoms with Gasteiger partial charge in [-0.15, -0.1) is 0 Å². The highest BCUT2D eigenvalue weighted by molar-refractivity contribution is 7.80. The Hall–Kier alpha value is -1.95. The highest BCUT2D eigenvalue weighted by Crippen LogP contribution is 2.14. The number of hydrogen-bond acceptors (Lipinski definition) is 5. The molecule has 0 aromatic carbocycles. The molecule has 6 heteroatoms. The fourth-order valence-electron chi connectivity index (χ4n) is 1.44. The van der Waals surface area contributed by atoms with E-state index in [2.05, 4.69) is 15.5 Å². The molecule has 0 bridgehead atoms. The number of rotatable bonds is 4. The zero-order chi connectivity index (χ0) is 12.3. The molecule has 0 fully saturated rings. The van der Waals surface area contributed by atoms with Crippen molar-refractivity contribution in [3.8, 4) is 0 Å². The van der Waals surface area contributed by atoms with Gasteiger partial charge in [0, 0.05) is 17.8 Å². The molecule has 0 radical (unpaired) electrons. The highest BCUT2D eigenvalue weighted by Gasteiger charge is 2.06. The maximum Gasteiger partial charge on any atom is 0.133 e. The van der Waals surface area contributed by atoms with Crippen molar-refractivity contribution in [2.75, 3.05) is 5.32 Å². The fourth-order valence-corrected chi connectivity index (χ4v) is 1.62. The smallest absolute Gasteiger partial charge is 0.133 e. The lowest BCUT2D eigenvalue weighted by molar-refractivity contribution is 0.391. The van der Waals surface area contributed by atoms with Crippen LogP contribution in [0.3, 0.4) is 0 Å². The summed E-state index contributed by atoms with van der Waals surface area (Å²) in [5.41, 5.74) is 8.00. The number of anilines is 1. The standard InChI is InChI=1S/C11H12N4OS/c1-7-4-8(15-16-7)5-14-10-6-13-3-2-9(10)11(12)17/h2-4,6,14H,5H2,1H3,(H2,12,17). The van der Waals surface area contributed by atoms with Crippen molar-refractivity contribution in [2.45, 2.75) is 13.5 Å². The van der Waals surface area contributed by atoms with Crippen molar-refractivity contribution in [3.05, 3.63) is 41.5 Å². The summed E-state index contributed by atoms with van der Waals surface area (Å²) in [6, 6.07) is 3.64. The molecule has 0 saturated carbocycles. The quantitative estimate of drug-likeness (QED) is 0.801. The zero-order valence-electron chi connectivity index (χ0n) is 9.30. The Balaban J connectivity index is 2.11. The predicted molar refractivity (Wildman–Crippen MR) is 68.7 cm³/mol. The van der Waals surface area contributed by atoms with E-state index in [0.717, 1.165) is 22.7 Å². The molecule has 3 N–H and O–H groups in total. The van der Waals surface area contributed by atoms with E-state index in [0.29, 0.717) is 11.5 Å². The van der Waals surface area contributed by atoms with E-state index in [9.17, 15) is 0 Å². The van der Waals surface area contributed by atoms with Crippen molar-refractivity contribution < 1.29 is 4.52 Å². The van der Waals surface area contributed by atoms with E-state index in [-0.39, 0.29) is 0 Å². The Kier molecular flexibility index (Phi) is 3.34. The topological polar surface area (TPSA) is 77.0 Å². The van der Waals surface area contributed by atoms with Crippen molar-refractivity contribution in [1.82, 2.24) is 10.1 Å². The molecule has 0 spiro atoms. The van der Waals surface area contributed by atoms with Gasteiger partial charge in [-0.25, -0.2) is 0 Å². The third-order valence-corrected chi connectivity index (χ3v) is 2.44. The van der Waals surface area contributed by atoms with Crippen LogP contribution in [-0.2, 0) is 6.54 Å². The zero-order valence-corrected chi connectivity index (χ0v) is 10.1. The van der Waals surface area contributed by atoms with Crippen LogP contribution in [-0.4, -0.2) is 15.1 Å². The molecule has 88 valence electrons. The molecule has 0 atom stereocenters. The molecule has 2 aromatic rings. The van der Waals surface area contributed by atoms with E-state index in [1.165, 1.54) is 0 Å². The van der Waals surface area contributed by atoms with Gasteiger partial charge >= 0.3 is 0 Å². The second kappa shape index (κ2) is 4.92. The Bertz CT molecular complexity index is 538. The average Bonchev–Trinajstić information content (AvgIpc) is 2.73. The van der Waals surface area contributed by atoms with Gasteiger partial charge in [0.15, 0.2) is 0 Å². The third kappa shape index (κ3) is 2.79. The largest absolute Gasteiger partial charge is 0.389 e. The molecule has 5 nitrogen and oxygen atoms in total. The van der Waals surface area contributed by atoms with Gasteiger partial charge in [-0.2, -0.15) is 0 Å². The SMILES string of the molecule is Cc1cc(CNc2cnccc2C(N)=S)no1. The van der Waals surface area contributed by atoms with Crippen molar-refractivity contribution in [2.24, 2.45) is 5.73 Å². The summed E-state index contributed by atoms with van der Waals surface area (Å²) in [4.78, 5) is 4.36. The molecule has 2 aromatic heterocycles. The van der Waals surface area contributed by atoms with E-state index < -0.39 is 0 Å². The first kappa shape index (κ1) is 11.5. The molecular weight excluding hydrogens is 236 g/mol. The number of nitrogens with zero attached hydrogens (tertiary/aromatic N) is 2. The van der Waals surface area contributed by atoms with Crippen molar-refractivity contribution in [3.63, 3.8) is 0 Å². The van der Waals surface area contributed by atoms with Gasteiger partial charge in [0.2, 0.25) is 0 Å². The predicted octanol–water partition coefficient (Wildman–Crippen LogP) is 1.62. The molecule has 2 heterocycles. The van der Waals surface area contributed by atoms with Crippen LogP contribution >= 0.6 is 12.2 Å². The lowest BCUT2D eigenvalue weighted by Crippen LogP contribution is -2.13. The molecule has 0 aliphatic rings. The van der Waals surface area contributed by atoms with Crippen LogP contribution in [0.4, 0.5) is 5.69 Å². The second-order valence-electron chi connectivity index (χ2n) is 3.57. The van der Waals surface area contributed by atoms with E-state index in [1.807, 2.05) is 13.0 Å².